The van der Waals surface area contributed by atoms with Crippen molar-refractivity contribution in [1.29, 1.82) is 0 Å². The molecule has 1 saturated carbocycles. The van der Waals surface area contributed by atoms with Crippen molar-refractivity contribution in [3.8, 4) is 0 Å². The molecule has 0 heterocycles. The van der Waals surface area contributed by atoms with Gasteiger partial charge in [-0.15, -0.1) is 12.4 Å². The maximum atomic E-state index is 13.3. The Kier molecular flexibility index (Phi) is 5.21. The van der Waals surface area contributed by atoms with Gasteiger partial charge in [-0.3, -0.25) is 4.90 Å². The fourth-order valence-corrected chi connectivity index (χ4v) is 2.55. The molecule has 1 fully saturated rings. The van der Waals surface area contributed by atoms with E-state index in [1.807, 2.05) is 24.3 Å². The first-order chi connectivity index (χ1) is 9.70. The predicted octanol–water partition coefficient (Wildman–Crippen LogP) is 3.99. The first-order valence-corrected chi connectivity index (χ1v) is 7.03. The summed E-state index contributed by atoms with van der Waals surface area (Å²) in [6.07, 6.45) is 2.47. The summed E-state index contributed by atoms with van der Waals surface area (Å²) in [6, 6.07) is 15.5. The van der Waals surface area contributed by atoms with E-state index in [-0.39, 0.29) is 18.2 Å². The Morgan fingerprint density at radius 1 is 1.00 bits per heavy atom. The molecule has 0 atom stereocenters. The number of hydrogen-bond donors (Lipinski definition) is 1. The topological polar surface area (TPSA) is 29.3 Å². The van der Waals surface area contributed by atoms with Crippen molar-refractivity contribution in [2.45, 2.75) is 32.0 Å². The van der Waals surface area contributed by atoms with Gasteiger partial charge in [0.2, 0.25) is 0 Å². The molecule has 3 rings (SSSR count). The lowest BCUT2D eigenvalue weighted by Crippen LogP contribution is -2.25. The lowest BCUT2D eigenvalue weighted by molar-refractivity contribution is 0.245. The van der Waals surface area contributed by atoms with Crippen molar-refractivity contribution < 1.29 is 4.39 Å². The van der Waals surface area contributed by atoms with Gasteiger partial charge in [0.1, 0.15) is 5.82 Å². The summed E-state index contributed by atoms with van der Waals surface area (Å²) in [5.74, 6) is -0.165. The van der Waals surface area contributed by atoms with Gasteiger partial charge in [0.25, 0.3) is 0 Å². The Morgan fingerprint density at radius 3 is 2.19 bits per heavy atom. The van der Waals surface area contributed by atoms with Crippen LogP contribution in [0.15, 0.2) is 48.5 Å². The second-order valence-corrected chi connectivity index (χ2v) is 5.51. The van der Waals surface area contributed by atoms with Crippen LogP contribution in [0.1, 0.15) is 24.0 Å². The van der Waals surface area contributed by atoms with Gasteiger partial charge in [-0.2, -0.15) is 0 Å². The molecule has 0 amide bonds. The summed E-state index contributed by atoms with van der Waals surface area (Å²) in [5, 5.41) is 0. The molecule has 0 radical (unpaired) electrons. The van der Waals surface area contributed by atoms with Crippen molar-refractivity contribution in [3.05, 3.63) is 65.5 Å². The van der Waals surface area contributed by atoms with E-state index in [9.17, 15) is 4.39 Å². The number of hydrogen-bond acceptors (Lipinski definition) is 2. The second-order valence-electron chi connectivity index (χ2n) is 5.51. The first kappa shape index (κ1) is 15.8. The number of nitrogens with zero attached hydrogens (tertiary/aromatic N) is 1. The minimum absolute atomic E-state index is 0. The minimum atomic E-state index is -0.165. The summed E-state index contributed by atoms with van der Waals surface area (Å²) in [4.78, 5) is 2.41. The van der Waals surface area contributed by atoms with E-state index in [1.165, 1.54) is 24.5 Å². The Hall–Kier alpha value is -1.58. The molecule has 0 bridgehead atoms. The molecule has 4 heteroatoms. The number of nitrogens with two attached hydrogens (primary N) is 1. The number of halogens is 2. The standard InChI is InChI=1S/C17H19FN2.ClH/c18-15-5-1-3-13(9-15)11-20(17-7-8-17)12-14-4-2-6-16(19)10-14;/h1-6,9-10,17H,7-8,11-12,19H2;1H. The van der Waals surface area contributed by atoms with Gasteiger partial charge >= 0.3 is 0 Å². The Bertz CT molecular complexity index is 551. The normalized spacial score (nSPS) is 14.0. The molecule has 2 nitrogen and oxygen atoms in total. The molecular formula is C17H20ClFN2. The highest BCUT2D eigenvalue weighted by Gasteiger charge is 2.28. The quantitative estimate of drug-likeness (QED) is 0.846. The molecule has 2 aromatic carbocycles. The molecule has 0 saturated heterocycles. The zero-order valence-electron chi connectivity index (χ0n) is 11.8. The molecule has 1 aliphatic carbocycles. The molecule has 1 aliphatic rings. The maximum absolute atomic E-state index is 13.3. The van der Waals surface area contributed by atoms with Crippen LogP contribution in [0.4, 0.5) is 10.1 Å². The molecule has 112 valence electrons. The van der Waals surface area contributed by atoms with Gasteiger partial charge in [-0.1, -0.05) is 24.3 Å². The molecular weight excluding hydrogens is 287 g/mol. The van der Waals surface area contributed by atoms with Gasteiger partial charge in [0.05, 0.1) is 0 Å². The highest BCUT2D eigenvalue weighted by molar-refractivity contribution is 5.85. The van der Waals surface area contributed by atoms with Crippen LogP contribution in [0.3, 0.4) is 0 Å². The third-order valence-electron chi connectivity index (χ3n) is 3.67. The van der Waals surface area contributed by atoms with Crippen LogP contribution in [0.2, 0.25) is 0 Å². The average Bonchev–Trinajstić information content (AvgIpc) is 3.22. The van der Waals surface area contributed by atoms with Crippen molar-refractivity contribution in [2.24, 2.45) is 0 Å². The van der Waals surface area contributed by atoms with Crippen LogP contribution < -0.4 is 5.73 Å². The SMILES string of the molecule is Cl.Nc1cccc(CN(Cc2cccc(F)c2)C2CC2)c1. The van der Waals surface area contributed by atoms with Crippen LogP contribution in [0, 0.1) is 5.82 Å². The predicted molar refractivity (Wildman–Crippen MR) is 86.8 cm³/mol. The number of benzene rings is 2. The third kappa shape index (κ3) is 4.45. The van der Waals surface area contributed by atoms with Crippen molar-refractivity contribution in [3.63, 3.8) is 0 Å². The highest BCUT2D eigenvalue weighted by atomic mass is 35.5. The minimum Gasteiger partial charge on any atom is -0.399 e. The van der Waals surface area contributed by atoms with Crippen LogP contribution in [-0.4, -0.2) is 10.9 Å². The van der Waals surface area contributed by atoms with Crippen LogP contribution in [0.25, 0.3) is 0 Å². The van der Waals surface area contributed by atoms with Gasteiger partial charge in [0, 0.05) is 24.8 Å². The smallest absolute Gasteiger partial charge is 0.123 e. The summed E-state index contributed by atoms with van der Waals surface area (Å²) >= 11 is 0. The largest absolute Gasteiger partial charge is 0.399 e. The Labute approximate surface area is 131 Å². The number of nitrogen functional groups attached to an aromatic ring is 1. The zero-order chi connectivity index (χ0) is 13.9. The average molecular weight is 307 g/mol. The Balaban J connectivity index is 0.00000161. The van der Waals surface area contributed by atoms with Gasteiger partial charge < -0.3 is 5.73 Å². The summed E-state index contributed by atoms with van der Waals surface area (Å²) in [6.45, 7) is 1.66. The molecule has 2 aromatic rings. The number of anilines is 1. The van der Waals surface area contributed by atoms with E-state index < -0.39 is 0 Å². The molecule has 0 aliphatic heterocycles. The summed E-state index contributed by atoms with van der Waals surface area (Å²) in [7, 11) is 0. The second kappa shape index (κ2) is 6.92. The third-order valence-corrected chi connectivity index (χ3v) is 3.67. The van der Waals surface area contributed by atoms with E-state index in [1.54, 1.807) is 12.1 Å². The highest BCUT2D eigenvalue weighted by Crippen LogP contribution is 2.30. The fourth-order valence-electron chi connectivity index (χ4n) is 2.55. The van der Waals surface area contributed by atoms with Crippen LogP contribution in [-0.2, 0) is 13.1 Å². The van der Waals surface area contributed by atoms with E-state index in [2.05, 4.69) is 11.0 Å². The van der Waals surface area contributed by atoms with Gasteiger partial charge in [-0.25, -0.2) is 4.39 Å². The first-order valence-electron chi connectivity index (χ1n) is 7.03. The molecule has 0 spiro atoms. The molecule has 21 heavy (non-hydrogen) atoms. The van der Waals surface area contributed by atoms with Crippen LogP contribution >= 0.6 is 12.4 Å². The fraction of sp³-hybridized carbons (Fsp3) is 0.294. The van der Waals surface area contributed by atoms with E-state index in [0.717, 1.165) is 24.3 Å². The maximum Gasteiger partial charge on any atom is 0.123 e. The summed E-state index contributed by atoms with van der Waals surface area (Å²) < 4.78 is 13.3. The van der Waals surface area contributed by atoms with E-state index in [0.29, 0.717) is 6.04 Å². The lowest BCUT2D eigenvalue weighted by Gasteiger charge is -2.22. The van der Waals surface area contributed by atoms with Gasteiger partial charge in [-0.05, 0) is 48.2 Å². The van der Waals surface area contributed by atoms with Crippen molar-refractivity contribution in [1.82, 2.24) is 4.90 Å². The van der Waals surface area contributed by atoms with Crippen molar-refractivity contribution in [2.75, 3.05) is 5.73 Å². The van der Waals surface area contributed by atoms with Gasteiger partial charge in [0.15, 0.2) is 0 Å². The van der Waals surface area contributed by atoms with Crippen molar-refractivity contribution >= 4 is 18.1 Å². The monoisotopic (exact) mass is 306 g/mol. The lowest BCUT2D eigenvalue weighted by atomic mass is 10.1. The van der Waals surface area contributed by atoms with E-state index >= 15 is 0 Å². The molecule has 2 N–H and O–H groups in total. The number of rotatable bonds is 5. The Morgan fingerprint density at radius 2 is 1.62 bits per heavy atom. The van der Waals surface area contributed by atoms with Crippen LogP contribution in [0.5, 0.6) is 0 Å². The van der Waals surface area contributed by atoms with E-state index in [4.69, 9.17) is 5.73 Å². The summed E-state index contributed by atoms with van der Waals surface area (Å²) in [5.41, 5.74) is 8.87. The zero-order valence-corrected chi connectivity index (χ0v) is 12.7. The molecule has 0 aromatic heterocycles. The molecule has 0 unspecified atom stereocenters.